The van der Waals surface area contributed by atoms with E-state index in [1.54, 1.807) is 0 Å². The molecule has 2 nitrogen and oxygen atoms in total. The highest BCUT2D eigenvalue weighted by Gasteiger charge is 2.69. The fourth-order valence-corrected chi connectivity index (χ4v) is 8.16. The molecule has 0 heterocycles. The van der Waals surface area contributed by atoms with Crippen molar-refractivity contribution < 1.29 is 0 Å². The minimum absolute atomic E-state index is 0.109. The van der Waals surface area contributed by atoms with Crippen LogP contribution >= 0.6 is 0 Å². The summed E-state index contributed by atoms with van der Waals surface area (Å²) in [4.78, 5) is 8.49. The molecule has 0 amide bonds. The lowest BCUT2D eigenvalue weighted by molar-refractivity contribution is -0.155. The molecule has 0 aromatic rings. The van der Waals surface area contributed by atoms with E-state index in [4.69, 9.17) is 13.1 Å². The van der Waals surface area contributed by atoms with E-state index in [-0.39, 0.29) is 16.5 Å². The monoisotopic (exact) mass is 338 g/mol. The van der Waals surface area contributed by atoms with Crippen LogP contribution < -0.4 is 0 Å². The Morgan fingerprint density at radius 1 is 0.880 bits per heavy atom. The number of nitrogens with zero attached hydrogens (tertiary/aromatic N) is 2. The lowest BCUT2D eigenvalue weighted by Gasteiger charge is -2.64. The second kappa shape index (κ2) is 5.25. The van der Waals surface area contributed by atoms with E-state index in [1.807, 2.05) is 0 Å². The summed E-state index contributed by atoms with van der Waals surface area (Å²) in [5.74, 6) is 4.92. The maximum absolute atomic E-state index is 8.07. The SMILES string of the molecule is [C-]#[N+][C@@]1(C)C2CC[C@H]3[C@H]4[C@H](CC[C@]3(C)[N+]#[C-])[C@@H](C)C[C@@H](CC1(C)C)[C@H]24. The Morgan fingerprint density at radius 3 is 2.20 bits per heavy atom. The van der Waals surface area contributed by atoms with Crippen LogP contribution in [0.2, 0.25) is 0 Å². The molecule has 0 spiro atoms. The van der Waals surface area contributed by atoms with E-state index < -0.39 is 0 Å². The normalized spacial score (nSPS) is 56.2. The summed E-state index contributed by atoms with van der Waals surface area (Å²) in [6, 6.07) is 0. The molecule has 0 N–H and O–H groups in total. The van der Waals surface area contributed by atoms with E-state index in [0.29, 0.717) is 23.7 Å². The highest BCUT2D eigenvalue weighted by Crippen LogP contribution is 2.68. The summed E-state index contributed by atoms with van der Waals surface area (Å²) in [7, 11) is 0. The Morgan fingerprint density at radius 2 is 1.56 bits per heavy atom. The van der Waals surface area contributed by atoms with Crippen LogP contribution in [0.3, 0.4) is 0 Å². The molecule has 25 heavy (non-hydrogen) atoms. The smallest absolute Gasteiger partial charge is 0.237 e. The molecular weight excluding hydrogens is 304 g/mol. The second-order valence-electron chi connectivity index (χ2n) is 10.9. The minimum Gasteiger partial charge on any atom is -0.310 e. The minimum atomic E-state index is -0.226. The molecule has 4 rings (SSSR count). The van der Waals surface area contributed by atoms with Crippen molar-refractivity contribution in [2.45, 2.75) is 84.2 Å². The Labute approximate surface area is 154 Å². The molecular formula is C23H34N2. The molecule has 4 aliphatic carbocycles. The van der Waals surface area contributed by atoms with Gasteiger partial charge in [0, 0.05) is 37.5 Å². The van der Waals surface area contributed by atoms with E-state index in [2.05, 4.69) is 44.3 Å². The Balaban J connectivity index is 1.81. The van der Waals surface area contributed by atoms with Crippen LogP contribution in [0.15, 0.2) is 0 Å². The van der Waals surface area contributed by atoms with Gasteiger partial charge < -0.3 is 9.69 Å². The zero-order chi connectivity index (χ0) is 18.2. The molecule has 4 saturated carbocycles. The third-order valence-corrected chi connectivity index (χ3v) is 9.74. The van der Waals surface area contributed by atoms with Crippen LogP contribution in [0.1, 0.15) is 73.1 Å². The summed E-state index contributed by atoms with van der Waals surface area (Å²) in [5.41, 5.74) is -0.261. The molecule has 2 heteroatoms. The van der Waals surface area contributed by atoms with Crippen molar-refractivity contribution in [1.82, 2.24) is 0 Å². The highest BCUT2D eigenvalue weighted by molar-refractivity contribution is 5.21. The lowest BCUT2D eigenvalue weighted by atomic mass is 9.38. The van der Waals surface area contributed by atoms with Gasteiger partial charge in [-0.15, -0.1) is 0 Å². The summed E-state index contributed by atoms with van der Waals surface area (Å²) in [6.45, 7) is 27.7. The lowest BCUT2D eigenvalue weighted by Crippen LogP contribution is -2.65. The summed E-state index contributed by atoms with van der Waals surface area (Å²) in [6.07, 6.45) is 7.28. The molecule has 4 aliphatic rings. The third-order valence-electron chi connectivity index (χ3n) is 9.74. The first-order valence-corrected chi connectivity index (χ1v) is 10.5. The summed E-state index contributed by atoms with van der Waals surface area (Å²) >= 11 is 0. The second-order valence-corrected chi connectivity index (χ2v) is 10.9. The van der Waals surface area contributed by atoms with E-state index in [1.165, 1.54) is 32.1 Å². The van der Waals surface area contributed by atoms with Gasteiger partial charge in [-0.1, -0.05) is 20.8 Å². The standard InChI is InChI=1S/C23H34N2/c1-14-12-15-13-21(2,3)23(5,25-7)18-9-8-17-20(19(15)18)16(14)10-11-22(17,4)24-6/h14-20H,8-13H2,1-5H3/t14-,15-,16+,17-,18?,19+,20+,22-,23-/m0/s1. The zero-order valence-corrected chi connectivity index (χ0v) is 16.7. The largest absolute Gasteiger partial charge is 0.310 e. The molecule has 0 aliphatic heterocycles. The Bertz CT molecular complexity index is 652. The fraction of sp³-hybridized carbons (Fsp3) is 0.913. The molecule has 0 aromatic carbocycles. The van der Waals surface area contributed by atoms with Crippen molar-refractivity contribution in [2.24, 2.45) is 46.8 Å². The molecule has 0 aromatic heterocycles. The molecule has 0 saturated heterocycles. The van der Waals surface area contributed by atoms with Gasteiger partial charge in [-0.25, -0.2) is 13.1 Å². The predicted octanol–water partition coefficient (Wildman–Crippen LogP) is 6.10. The van der Waals surface area contributed by atoms with Gasteiger partial charge in [0.1, 0.15) is 0 Å². The first kappa shape index (κ1) is 17.4. The molecule has 136 valence electrons. The van der Waals surface area contributed by atoms with Gasteiger partial charge >= 0.3 is 0 Å². The quantitative estimate of drug-likeness (QED) is 0.472. The average Bonchev–Trinajstić information content (AvgIpc) is 2.58. The van der Waals surface area contributed by atoms with Gasteiger partial charge in [0.25, 0.3) is 0 Å². The summed E-state index contributed by atoms with van der Waals surface area (Å²) < 4.78 is 0. The molecule has 0 bridgehead atoms. The predicted molar refractivity (Wildman–Crippen MR) is 102 cm³/mol. The Kier molecular flexibility index (Phi) is 3.65. The number of hydrogen-bond acceptors (Lipinski definition) is 0. The molecule has 1 unspecified atom stereocenters. The van der Waals surface area contributed by atoms with Crippen LogP contribution in [0.25, 0.3) is 9.69 Å². The van der Waals surface area contributed by atoms with Crippen LogP contribution in [0.5, 0.6) is 0 Å². The Hall–Kier alpha value is -1.02. The highest BCUT2D eigenvalue weighted by atomic mass is 14.9. The van der Waals surface area contributed by atoms with Crippen molar-refractivity contribution in [1.29, 1.82) is 0 Å². The van der Waals surface area contributed by atoms with Gasteiger partial charge in [-0.05, 0) is 61.7 Å². The van der Waals surface area contributed by atoms with Crippen molar-refractivity contribution in [3.8, 4) is 0 Å². The van der Waals surface area contributed by atoms with Crippen molar-refractivity contribution in [2.75, 3.05) is 0 Å². The zero-order valence-electron chi connectivity index (χ0n) is 16.7. The van der Waals surface area contributed by atoms with Gasteiger partial charge in [-0.2, -0.15) is 0 Å². The van der Waals surface area contributed by atoms with Crippen molar-refractivity contribution in [3.05, 3.63) is 22.8 Å². The van der Waals surface area contributed by atoms with Crippen LogP contribution in [0, 0.1) is 60.0 Å². The topological polar surface area (TPSA) is 8.72 Å². The first-order valence-electron chi connectivity index (χ1n) is 10.5. The van der Waals surface area contributed by atoms with E-state index in [0.717, 1.165) is 24.2 Å². The van der Waals surface area contributed by atoms with Crippen molar-refractivity contribution in [3.63, 3.8) is 0 Å². The van der Waals surface area contributed by atoms with Crippen LogP contribution in [-0.2, 0) is 0 Å². The maximum atomic E-state index is 8.07. The van der Waals surface area contributed by atoms with Gasteiger partial charge in [0.2, 0.25) is 11.1 Å². The molecule has 9 atom stereocenters. The summed E-state index contributed by atoms with van der Waals surface area (Å²) in [5, 5.41) is 0. The van der Waals surface area contributed by atoms with Gasteiger partial charge in [0.05, 0.1) is 0 Å². The van der Waals surface area contributed by atoms with Crippen LogP contribution in [0.4, 0.5) is 0 Å². The fourth-order valence-electron chi connectivity index (χ4n) is 8.16. The van der Waals surface area contributed by atoms with Crippen molar-refractivity contribution >= 4 is 0 Å². The third kappa shape index (κ3) is 2.07. The maximum Gasteiger partial charge on any atom is 0.237 e. The number of rotatable bonds is 0. The number of hydrogen-bond donors (Lipinski definition) is 0. The molecule has 4 fully saturated rings. The first-order chi connectivity index (χ1) is 11.7. The van der Waals surface area contributed by atoms with E-state index in [9.17, 15) is 0 Å². The van der Waals surface area contributed by atoms with Gasteiger partial charge in [-0.3, -0.25) is 0 Å². The molecule has 0 radical (unpaired) electrons. The average molecular weight is 339 g/mol. The van der Waals surface area contributed by atoms with E-state index >= 15 is 0 Å². The van der Waals surface area contributed by atoms with Gasteiger partial charge in [0.15, 0.2) is 0 Å². The van der Waals surface area contributed by atoms with Crippen LogP contribution in [-0.4, -0.2) is 11.1 Å².